The highest BCUT2D eigenvalue weighted by Crippen LogP contribution is 2.45. The summed E-state index contributed by atoms with van der Waals surface area (Å²) in [5, 5.41) is 9.63. The zero-order chi connectivity index (χ0) is 25.1. The fourth-order valence-corrected chi connectivity index (χ4v) is 4.77. The average Bonchev–Trinajstić information content (AvgIpc) is 2.92. The van der Waals surface area contributed by atoms with E-state index in [1.807, 2.05) is 84.9 Å². The van der Waals surface area contributed by atoms with Gasteiger partial charge in [-0.15, -0.1) is 0 Å². The summed E-state index contributed by atoms with van der Waals surface area (Å²) in [6.07, 6.45) is 0. The average molecular weight is 476 g/mol. The molecule has 0 fully saturated rings. The zero-order valence-corrected chi connectivity index (χ0v) is 20.4. The first-order valence-electron chi connectivity index (χ1n) is 12.2. The van der Waals surface area contributed by atoms with Gasteiger partial charge < -0.3 is 16.0 Å². The number of hydrogen-bond donors (Lipinski definition) is 3. The molecule has 5 heteroatoms. The molecule has 4 aromatic rings. The van der Waals surface area contributed by atoms with Crippen LogP contribution in [0.2, 0.25) is 0 Å². The number of amides is 2. The Morgan fingerprint density at radius 2 is 1.25 bits per heavy atom. The fourth-order valence-electron chi connectivity index (χ4n) is 4.77. The van der Waals surface area contributed by atoms with Crippen molar-refractivity contribution in [2.24, 2.45) is 5.92 Å². The van der Waals surface area contributed by atoms with Crippen molar-refractivity contribution in [1.29, 1.82) is 0 Å². The van der Waals surface area contributed by atoms with Crippen LogP contribution in [0.4, 0.5) is 17.1 Å². The van der Waals surface area contributed by atoms with Gasteiger partial charge in [0.2, 0.25) is 0 Å². The standard InChI is InChI=1S/C31H29N3O2/c1-20-21(2)29(22-13-15-24(16-14-22)31(36)32-25-11-7-4-8-12-25)34-28-18-17-26(19-27(20)28)33-30(35)23-9-5-3-6-10-23/h3-21,29,34H,1-2H3,(H,32,36)(H,33,35). The lowest BCUT2D eigenvalue weighted by molar-refractivity contribution is 0.101. The number of hydrogen-bond acceptors (Lipinski definition) is 3. The third-order valence-corrected chi connectivity index (χ3v) is 7.03. The van der Waals surface area contributed by atoms with Crippen LogP contribution in [0.3, 0.4) is 0 Å². The van der Waals surface area contributed by atoms with Crippen LogP contribution in [0.25, 0.3) is 0 Å². The number of rotatable bonds is 5. The van der Waals surface area contributed by atoms with Crippen molar-refractivity contribution in [3.63, 3.8) is 0 Å². The van der Waals surface area contributed by atoms with Gasteiger partial charge >= 0.3 is 0 Å². The molecule has 0 bridgehead atoms. The van der Waals surface area contributed by atoms with Crippen molar-refractivity contribution in [2.75, 3.05) is 16.0 Å². The molecule has 0 radical (unpaired) electrons. The molecule has 5 rings (SSSR count). The monoisotopic (exact) mass is 475 g/mol. The van der Waals surface area contributed by atoms with Crippen LogP contribution in [0, 0.1) is 5.92 Å². The van der Waals surface area contributed by atoms with E-state index in [9.17, 15) is 9.59 Å². The molecule has 0 aromatic heterocycles. The van der Waals surface area contributed by atoms with Gasteiger partial charge in [0.15, 0.2) is 0 Å². The minimum atomic E-state index is -0.124. The second-order valence-electron chi connectivity index (χ2n) is 9.33. The van der Waals surface area contributed by atoms with Crippen LogP contribution in [0.15, 0.2) is 103 Å². The molecule has 1 heterocycles. The van der Waals surface area contributed by atoms with Crippen LogP contribution in [0.5, 0.6) is 0 Å². The second kappa shape index (κ2) is 10.1. The molecule has 1 aliphatic heterocycles. The highest BCUT2D eigenvalue weighted by Gasteiger charge is 2.32. The van der Waals surface area contributed by atoms with Crippen molar-refractivity contribution in [3.05, 3.63) is 125 Å². The second-order valence-corrected chi connectivity index (χ2v) is 9.33. The smallest absolute Gasteiger partial charge is 0.255 e. The minimum Gasteiger partial charge on any atom is -0.378 e. The van der Waals surface area contributed by atoms with E-state index >= 15 is 0 Å². The molecule has 0 aliphatic carbocycles. The van der Waals surface area contributed by atoms with E-state index < -0.39 is 0 Å². The molecule has 0 spiro atoms. The number of anilines is 3. The van der Waals surface area contributed by atoms with Gasteiger partial charge in [0, 0.05) is 28.2 Å². The lowest BCUT2D eigenvalue weighted by Crippen LogP contribution is -2.29. The summed E-state index contributed by atoms with van der Waals surface area (Å²) in [6, 6.07) is 32.7. The number of nitrogens with one attached hydrogen (secondary N) is 3. The third-order valence-electron chi connectivity index (χ3n) is 7.03. The largest absolute Gasteiger partial charge is 0.378 e. The van der Waals surface area contributed by atoms with Gasteiger partial charge in [-0.05, 0) is 77.6 Å². The first kappa shape index (κ1) is 23.4. The van der Waals surface area contributed by atoms with Gasteiger partial charge in [0.05, 0.1) is 6.04 Å². The Morgan fingerprint density at radius 3 is 1.92 bits per heavy atom. The van der Waals surface area contributed by atoms with Crippen LogP contribution in [-0.2, 0) is 0 Å². The SMILES string of the molecule is CC1c2cc(NC(=O)c3ccccc3)ccc2NC(c2ccc(C(=O)Nc3ccccc3)cc2)C1C. The number of carbonyl (C=O) groups is 2. The molecule has 4 aromatic carbocycles. The molecule has 0 saturated carbocycles. The predicted molar refractivity (Wildman–Crippen MR) is 146 cm³/mol. The topological polar surface area (TPSA) is 70.2 Å². The summed E-state index contributed by atoms with van der Waals surface area (Å²) >= 11 is 0. The van der Waals surface area contributed by atoms with E-state index in [1.165, 1.54) is 5.56 Å². The quantitative estimate of drug-likeness (QED) is 0.288. The van der Waals surface area contributed by atoms with Crippen LogP contribution in [0.1, 0.15) is 57.7 Å². The van der Waals surface area contributed by atoms with E-state index in [2.05, 4.69) is 35.9 Å². The van der Waals surface area contributed by atoms with Gasteiger partial charge in [0.25, 0.3) is 11.8 Å². The molecule has 1 aliphatic rings. The van der Waals surface area contributed by atoms with E-state index in [0.29, 0.717) is 17.0 Å². The van der Waals surface area contributed by atoms with Crippen molar-refractivity contribution < 1.29 is 9.59 Å². The Balaban J connectivity index is 1.30. The number of carbonyl (C=O) groups excluding carboxylic acids is 2. The van der Waals surface area contributed by atoms with Crippen LogP contribution >= 0.6 is 0 Å². The Morgan fingerprint density at radius 1 is 0.667 bits per heavy atom. The highest BCUT2D eigenvalue weighted by molar-refractivity contribution is 6.05. The number of para-hydroxylation sites is 1. The Labute approximate surface area is 211 Å². The first-order chi connectivity index (χ1) is 17.5. The lowest BCUT2D eigenvalue weighted by Gasteiger charge is -2.38. The van der Waals surface area contributed by atoms with Crippen molar-refractivity contribution >= 4 is 28.9 Å². The molecule has 180 valence electrons. The Hall–Kier alpha value is -4.38. The third kappa shape index (κ3) is 4.86. The fraction of sp³-hybridized carbons (Fsp3) is 0.161. The summed E-state index contributed by atoms with van der Waals surface area (Å²) < 4.78 is 0. The van der Waals surface area contributed by atoms with Gasteiger partial charge in [-0.25, -0.2) is 0 Å². The maximum Gasteiger partial charge on any atom is 0.255 e. The molecule has 3 unspecified atom stereocenters. The van der Waals surface area contributed by atoms with Crippen molar-refractivity contribution in [3.8, 4) is 0 Å². The Bertz CT molecular complexity index is 1370. The minimum absolute atomic E-state index is 0.114. The van der Waals surface area contributed by atoms with E-state index in [0.717, 1.165) is 22.6 Å². The van der Waals surface area contributed by atoms with Crippen molar-refractivity contribution in [2.45, 2.75) is 25.8 Å². The molecule has 3 N–H and O–H groups in total. The molecular formula is C31H29N3O2. The molecule has 0 saturated heterocycles. The maximum absolute atomic E-state index is 12.6. The number of benzene rings is 4. The molecule has 3 atom stereocenters. The Kier molecular flexibility index (Phi) is 6.54. The first-order valence-corrected chi connectivity index (χ1v) is 12.2. The predicted octanol–water partition coefficient (Wildman–Crippen LogP) is 7.10. The number of fused-ring (bicyclic) bond motifs is 1. The zero-order valence-electron chi connectivity index (χ0n) is 20.4. The summed E-state index contributed by atoms with van der Waals surface area (Å²) in [4.78, 5) is 25.2. The van der Waals surface area contributed by atoms with Crippen LogP contribution < -0.4 is 16.0 Å². The van der Waals surface area contributed by atoms with E-state index in [4.69, 9.17) is 0 Å². The van der Waals surface area contributed by atoms with E-state index in [1.54, 1.807) is 12.1 Å². The normalized spacial score (nSPS) is 18.4. The maximum atomic E-state index is 12.6. The molecule has 36 heavy (non-hydrogen) atoms. The van der Waals surface area contributed by atoms with Crippen LogP contribution in [-0.4, -0.2) is 11.8 Å². The summed E-state index contributed by atoms with van der Waals surface area (Å²) in [5.74, 6) is 0.345. The molecule has 5 nitrogen and oxygen atoms in total. The van der Waals surface area contributed by atoms with Gasteiger partial charge in [-0.1, -0.05) is 62.4 Å². The van der Waals surface area contributed by atoms with E-state index in [-0.39, 0.29) is 23.8 Å². The molecule has 2 amide bonds. The lowest BCUT2D eigenvalue weighted by atomic mass is 9.77. The summed E-state index contributed by atoms with van der Waals surface area (Å²) in [6.45, 7) is 4.46. The summed E-state index contributed by atoms with van der Waals surface area (Å²) in [5.41, 5.74) is 6.21. The van der Waals surface area contributed by atoms with Gasteiger partial charge in [-0.2, -0.15) is 0 Å². The van der Waals surface area contributed by atoms with Gasteiger partial charge in [-0.3, -0.25) is 9.59 Å². The van der Waals surface area contributed by atoms with Gasteiger partial charge in [0.1, 0.15) is 0 Å². The van der Waals surface area contributed by atoms with Crippen molar-refractivity contribution in [1.82, 2.24) is 0 Å². The summed E-state index contributed by atoms with van der Waals surface area (Å²) in [7, 11) is 0. The molecular weight excluding hydrogens is 446 g/mol. The highest BCUT2D eigenvalue weighted by atomic mass is 16.2.